The van der Waals surface area contributed by atoms with Gasteiger partial charge in [0.2, 0.25) is 5.13 Å². The van der Waals surface area contributed by atoms with Crippen LogP contribution in [0, 0.1) is 6.92 Å². The third-order valence-corrected chi connectivity index (χ3v) is 3.81. The summed E-state index contributed by atoms with van der Waals surface area (Å²) in [6, 6.07) is 0.598. The fraction of sp³-hybridized carbons (Fsp3) is 0.818. The van der Waals surface area contributed by atoms with Crippen molar-refractivity contribution in [2.75, 3.05) is 24.5 Å². The molecular weight excluding hydrogens is 220 g/mol. The summed E-state index contributed by atoms with van der Waals surface area (Å²) in [5, 5.41) is 14.0. The van der Waals surface area contributed by atoms with Gasteiger partial charge >= 0.3 is 0 Å². The van der Waals surface area contributed by atoms with Crippen molar-refractivity contribution in [3.8, 4) is 0 Å². The minimum absolute atomic E-state index is 0.598. The van der Waals surface area contributed by atoms with Crippen LogP contribution in [0.3, 0.4) is 0 Å². The Kier molecular flexibility index (Phi) is 4.12. The standard InChI is InChI=1S/C11H20N4S/c1-3-7-15(10-5-4-6-12-8-10)11-14-13-9(2)16-11/h10,12H,3-8H2,1-2H3. The van der Waals surface area contributed by atoms with E-state index in [9.17, 15) is 0 Å². The second-order valence-electron chi connectivity index (χ2n) is 4.30. The first kappa shape index (κ1) is 11.8. The van der Waals surface area contributed by atoms with Gasteiger partial charge in [-0.2, -0.15) is 0 Å². The van der Waals surface area contributed by atoms with Crippen LogP contribution in [0.5, 0.6) is 0 Å². The quantitative estimate of drug-likeness (QED) is 0.871. The Morgan fingerprint density at radius 2 is 2.38 bits per heavy atom. The van der Waals surface area contributed by atoms with Gasteiger partial charge in [-0.25, -0.2) is 0 Å². The van der Waals surface area contributed by atoms with Crippen LogP contribution in [0.1, 0.15) is 31.2 Å². The molecule has 4 nitrogen and oxygen atoms in total. The molecule has 16 heavy (non-hydrogen) atoms. The molecule has 0 spiro atoms. The zero-order valence-electron chi connectivity index (χ0n) is 10.1. The molecule has 1 aliphatic heterocycles. The Labute approximate surface area is 101 Å². The Bertz CT molecular complexity index is 320. The third-order valence-electron chi connectivity index (χ3n) is 2.94. The largest absolute Gasteiger partial charge is 0.342 e. The van der Waals surface area contributed by atoms with Crippen molar-refractivity contribution < 1.29 is 0 Å². The van der Waals surface area contributed by atoms with Crippen molar-refractivity contribution in [3.05, 3.63) is 5.01 Å². The van der Waals surface area contributed by atoms with Crippen LogP contribution in [0.15, 0.2) is 0 Å². The first-order chi connectivity index (χ1) is 7.81. The first-order valence-corrected chi connectivity index (χ1v) is 6.90. The maximum atomic E-state index is 4.28. The van der Waals surface area contributed by atoms with E-state index in [0.717, 1.165) is 36.2 Å². The number of nitrogens with zero attached hydrogens (tertiary/aromatic N) is 3. The molecule has 1 saturated heterocycles. The fourth-order valence-corrected chi connectivity index (χ4v) is 2.96. The van der Waals surface area contributed by atoms with E-state index in [1.807, 2.05) is 6.92 Å². The topological polar surface area (TPSA) is 41.1 Å². The molecule has 1 fully saturated rings. The van der Waals surface area contributed by atoms with Crippen LogP contribution in [0.4, 0.5) is 5.13 Å². The molecule has 2 heterocycles. The van der Waals surface area contributed by atoms with Crippen LogP contribution in [-0.4, -0.2) is 35.9 Å². The van der Waals surface area contributed by atoms with Gasteiger partial charge in [-0.05, 0) is 32.7 Å². The fourth-order valence-electron chi connectivity index (χ4n) is 2.18. The number of rotatable bonds is 4. The van der Waals surface area contributed by atoms with Gasteiger partial charge in [0.25, 0.3) is 0 Å². The summed E-state index contributed by atoms with van der Waals surface area (Å²) in [5.74, 6) is 0. The van der Waals surface area contributed by atoms with Gasteiger partial charge in [0, 0.05) is 19.1 Å². The summed E-state index contributed by atoms with van der Waals surface area (Å²) in [5.41, 5.74) is 0. The molecule has 90 valence electrons. The number of hydrogen-bond donors (Lipinski definition) is 1. The molecule has 1 aliphatic rings. The highest BCUT2D eigenvalue weighted by molar-refractivity contribution is 7.15. The molecule has 1 N–H and O–H groups in total. The van der Waals surface area contributed by atoms with E-state index in [1.165, 1.54) is 12.8 Å². The Balaban J connectivity index is 2.09. The molecule has 0 radical (unpaired) electrons. The monoisotopic (exact) mass is 240 g/mol. The van der Waals surface area contributed by atoms with Crippen molar-refractivity contribution in [3.63, 3.8) is 0 Å². The van der Waals surface area contributed by atoms with E-state index >= 15 is 0 Å². The lowest BCUT2D eigenvalue weighted by Gasteiger charge is -2.34. The van der Waals surface area contributed by atoms with Crippen LogP contribution < -0.4 is 10.2 Å². The maximum Gasteiger partial charge on any atom is 0.208 e. The number of piperidine rings is 1. The summed E-state index contributed by atoms with van der Waals surface area (Å²) in [4.78, 5) is 2.43. The number of aromatic nitrogens is 2. The first-order valence-electron chi connectivity index (χ1n) is 6.08. The number of anilines is 1. The molecule has 0 bridgehead atoms. The molecule has 0 amide bonds. The molecule has 0 saturated carbocycles. The lowest BCUT2D eigenvalue weighted by Crippen LogP contribution is -2.46. The van der Waals surface area contributed by atoms with Gasteiger partial charge in [-0.15, -0.1) is 10.2 Å². The van der Waals surface area contributed by atoms with E-state index in [-0.39, 0.29) is 0 Å². The van der Waals surface area contributed by atoms with Crippen molar-refractivity contribution in [1.82, 2.24) is 15.5 Å². The number of hydrogen-bond acceptors (Lipinski definition) is 5. The second-order valence-corrected chi connectivity index (χ2v) is 5.46. The summed E-state index contributed by atoms with van der Waals surface area (Å²) in [6.45, 7) is 7.56. The zero-order valence-corrected chi connectivity index (χ0v) is 10.9. The van der Waals surface area contributed by atoms with E-state index in [2.05, 4.69) is 27.3 Å². The van der Waals surface area contributed by atoms with Gasteiger partial charge in [0.1, 0.15) is 5.01 Å². The second kappa shape index (κ2) is 5.59. The van der Waals surface area contributed by atoms with Crippen LogP contribution >= 0.6 is 11.3 Å². The molecular formula is C11H20N4S. The Morgan fingerprint density at radius 3 is 2.94 bits per heavy atom. The molecule has 2 rings (SSSR count). The van der Waals surface area contributed by atoms with E-state index in [0.29, 0.717) is 6.04 Å². The molecule has 1 aromatic rings. The SMILES string of the molecule is CCCN(c1nnc(C)s1)C1CCCNC1. The highest BCUT2D eigenvalue weighted by Gasteiger charge is 2.22. The molecule has 1 aromatic heterocycles. The number of aryl methyl sites for hydroxylation is 1. The lowest BCUT2D eigenvalue weighted by atomic mass is 10.1. The average molecular weight is 240 g/mol. The van der Waals surface area contributed by atoms with Gasteiger partial charge < -0.3 is 10.2 Å². The van der Waals surface area contributed by atoms with Crippen molar-refractivity contribution >= 4 is 16.5 Å². The van der Waals surface area contributed by atoms with Crippen molar-refractivity contribution in [2.24, 2.45) is 0 Å². The predicted molar refractivity (Wildman–Crippen MR) is 68.2 cm³/mol. The Morgan fingerprint density at radius 1 is 1.50 bits per heavy atom. The van der Waals surface area contributed by atoms with Crippen molar-refractivity contribution in [1.29, 1.82) is 0 Å². The lowest BCUT2D eigenvalue weighted by molar-refractivity contribution is 0.430. The van der Waals surface area contributed by atoms with Gasteiger partial charge in [-0.3, -0.25) is 0 Å². The number of nitrogens with one attached hydrogen (secondary N) is 1. The van der Waals surface area contributed by atoms with Crippen LogP contribution in [-0.2, 0) is 0 Å². The normalized spacial score (nSPS) is 21.0. The van der Waals surface area contributed by atoms with E-state index in [4.69, 9.17) is 0 Å². The minimum Gasteiger partial charge on any atom is -0.342 e. The summed E-state index contributed by atoms with van der Waals surface area (Å²) < 4.78 is 0. The summed E-state index contributed by atoms with van der Waals surface area (Å²) >= 11 is 1.71. The van der Waals surface area contributed by atoms with Crippen LogP contribution in [0.25, 0.3) is 0 Å². The highest BCUT2D eigenvalue weighted by atomic mass is 32.1. The molecule has 1 unspecified atom stereocenters. The predicted octanol–water partition coefficient (Wildman–Crippen LogP) is 1.81. The summed E-state index contributed by atoms with van der Waals surface area (Å²) in [7, 11) is 0. The van der Waals surface area contributed by atoms with Gasteiger partial charge in [0.05, 0.1) is 0 Å². The average Bonchev–Trinajstić information content (AvgIpc) is 2.74. The van der Waals surface area contributed by atoms with E-state index in [1.54, 1.807) is 11.3 Å². The smallest absolute Gasteiger partial charge is 0.208 e. The highest BCUT2D eigenvalue weighted by Crippen LogP contribution is 2.24. The van der Waals surface area contributed by atoms with Gasteiger partial charge in [0.15, 0.2) is 0 Å². The zero-order chi connectivity index (χ0) is 11.4. The molecule has 5 heteroatoms. The Hall–Kier alpha value is -0.680. The maximum absolute atomic E-state index is 4.28. The van der Waals surface area contributed by atoms with Gasteiger partial charge in [-0.1, -0.05) is 18.3 Å². The molecule has 1 atom stereocenters. The van der Waals surface area contributed by atoms with Crippen molar-refractivity contribution in [2.45, 2.75) is 39.2 Å². The molecule has 0 aliphatic carbocycles. The van der Waals surface area contributed by atoms with E-state index < -0.39 is 0 Å². The third kappa shape index (κ3) is 2.71. The minimum atomic E-state index is 0.598. The van der Waals surface area contributed by atoms with Crippen LogP contribution in [0.2, 0.25) is 0 Å². The summed E-state index contributed by atoms with van der Waals surface area (Å²) in [6.07, 6.45) is 3.70. The molecule has 0 aromatic carbocycles.